The van der Waals surface area contributed by atoms with Crippen LogP contribution in [0, 0.1) is 6.92 Å². The minimum absolute atomic E-state index is 0.0516. The highest BCUT2D eigenvalue weighted by Gasteiger charge is 2.35. The van der Waals surface area contributed by atoms with Crippen molar-refractivity contribution in [1.82, 2.24) is 0 Å². The Hall–Kier alpha value is -1.35. The zero-order valence-electron chi connectivity index (χ0n) is 11.8. The Kier molecular flexibility index (Phi) is 3.95. The van der Waals surface area contributed by atoms with Crippen molar-refractivity contribution in [3.05, 3.63) is 35.4 Å². The topological polar surface area (TPSA) is 46.5 Å². The van der Waals surface area contributed by atoms with Gasteiger partial charge in [0.1, 0.15) is 0 Å². The Morgan fingerprint density at radius 1 is 1.47 bits per heavy atom. The molecule has 0 aliphatic carbocycles. The van der Waals surface area contributed by atoms with Gasteiger partial charge in [0, 0.05) is 0 Å². The minimum Gasteiger partial charge on any atom is -0.481 e. The van der Waals surface area contributed by atoms with Gasteiger partial charge in [-0.25, -0.2) is 0 Å². The molecule has 104 valence electrons. The number of carboxylic acid groups (broad SMARTS) is 1. The minimum atomic E-state index is -0.761. The zero-order chi connectivity index (χ0) is 14.0. The molecule has 1 aliphatic rings. The van der Waals surface area contributed by atoms with Gasteiger partial charge in [0.2, 0.25) is 0 Å². The summed E-state index contributed by atoms with van der Waals surface area (Å²) in [6.07, 6.45) is 2.56. The number of aliphatic carboxylic acids is 1. The van der Waals surface area contributed by atoms with E-state index in [9.17, 15) is 9.90 Å². The first kappa shape index (κ1) is 14.1. The molecule has 2 rings (SSSR count). The van der Waals surface area contributed by atoms with E-state index in [-0.39, 0.29) is 11.7 Å². The van der Waals surface area contributed by atoms with Gasteiger partial charge in [0.25, 0.3) is 0 Å². The van der Waals surface area contributed by atoms with Crippen LogP contribution in [0.1, 0.15) is 50.2 Å². The number of rotatable bonds is 4. The molecule has 1 aromatic rings. The predicted octanol–water partition coefficient (Wildman–Crippen LogP) is 3.51. The molecule has 19 heavy (non-hydrogen) atoms. The van der Waals surface area contributed by atoms with Crippen LogP contribution < -0.4 is 0 Å². The molecule has 3 heteroatoms. The normalized spacial score (nSPS) is 23.2. The van der Waals surface area contributed by atoms with Crippen LogP contribution in [0.5, 0.6) is 0 Å². The highest BCUT2D eigenvalue weighted by molar-refractivity contribution is 5.76. The van der Waals surface area contributed by atoms with Gasteiger partial charge in [0.05, 0.1) is 17.6 Å². The number of ether oxygens (including phenoxy) is 1. The number of hydrogen-bond acceptors (Lipinski definition) is 2. The van der Waals surface area contributed by atoms with Crippen LogP contribution >= 0.6 is 0 Å². The van der Waals surface area contributed by atoms with Gasteiger partial charge in [-0.1, -0.05) is 24.3 Å². The van der Waals surface area contributed by atoms with E-state index in [1.165, 1.54) is 0 Å². The maximum absolute atomic E-state index is 11.5. The lowest BCUT2D eigenvalue weighted by Crippen LogP contribution is -2.23. The summed E-state index contributed by atoms with van der Waals surface area (Å²) < 4.78 is 5.93. The molecular weight excluding hydrogens is 240 g/mol. The predicted molar refractivity (Wildman–Crippen MR) is 74.4 cm³/mol. The van der Waals surface area contributed by atoms with Gasteiger partial charge in [-0.15, -0.1) is 0 Å². The van der Waals surface area contributed by atoms with Crippen molar-refractivity contribution in [3.8, 4) is 0 Å². The highest BCUT2D eigenvalue weighted by atomic mass is 16.5. The first-order chi connectivity index (χ1) is 8.89. The average molecular weight is 262 g/mol. The van der Waals surface area contributed by atoms with Crippen molar-refractivity contribution in [2.24, 2.45) is 0 Å². The fraction of sp³-hybridized carbons (Fsp3) is 0.562. The molecule has 1 heterocycles. The summed E-state index contributed by atoms with van der Waals surface area (Å²) in [5.41, 5.74) is 1.83. The van der Waals surface area contributed by atoms with Gasteiger partial charge >= 0.3 is 5.97 Å². The van der Waals surface area contributed by atoms with Crippen molar-refractivity contribution in [3.63, 3.8) is 0 Å². The van der Waals surface area contributed by atoms with E-state index in [1.807, 2.05) is 31.2 Å². The largest absolute Gasteiger partial charge is 0.481 e. The molecule has 2 atom stereocenters. The second-order valence-electron chi connectivity index (χ2n) is 6.02. The molecule has 1 saturated heterocycles. The molecule has 0 spiro atoms. The van der Waals surface area contributed by atoms with E-state index in [4.69, 9.17) is 4.74 Å². The molecule has 0 radical (unpaired) electrons. The van der Waals surface area contributed by atoms with Gasteiger partial charge < -0.3 is 9.84 Å². The number of hydrogen-bond donors (Lipinski definition) is 1. The fourth-order valence-electron chi connectivity index (χ4n) is 2.85. The molecule has 0 aromatic heterocycles. The summed E-state index contributed by atoms with van der Waals surface area (Å²) in [5.74, 6) is -1.23. The summed E-state index contributed by atoms with van der Waals surface area (Å²) >= 11 is 0. The Morgan fingerprint density at radius 3 is 2.68 bits per heavy atom. The second-order valence-corrected chi connectivity index (χ2v) is 6.02. The number of benzene rings is 1. The quantitative estimate of drug-likeness (QED) is 0.903. The van der Waals surface area contributed by atoms with E-state index < -0.39 is 11.9 Å². The van der Waals surface area contributed by atoms with E-state index in [0.717, 1.165) is 24.0 Å². The number of aryl methyl sites for hydroxylation is 1. The van der Waals surface area contributed by atoms with Crippen LogP contribution in [-0.4, -0.2) is 22.8 Å². The second kappa shape index (κ2) is 5.33. The summed E-state index contributed by atoms with van der Waals surface area (Å²) in [6, 6.07) is 7.71. The molecule has 1 aromatic carbocycles. The third-order valence-electron chi connectivity index (χ3n) is 3.91. The standard InChI is InChI=1S/C16H22O3/c1-11-6-4-5-7-13(11)14(15(17)18)10-12-8-9-16(2,3)19-12/h4-7,12,14H,8-10H2,1-3H3,(H,17,18). The van der Waals surface area contributed by atoms with Crippen molar-refractivity contribution in [2.45, 2.75) is 57.7 Å². The Labute approximate surface area is 114 Å². The van der Waals surface area contributed by atoms with Gasteiger partial charge in [-0.05, 0) is 51.2 Å². The monoisotopic (exact) mass is 262 g/mol. The Bertz CT molecular complexity index is 465. The summed E-state index contributed by atoms with van der Waals surface area (Å²) in [6.45, 7) is 6.10. The van der Waals surface area contributed by atoms with Crippen LogP contribution in [0.4, 0.5) is 0 Å². The fourth-order valence-corrected chi connectivity index (χ4v) is 2.85. The third-order valence-corrected chi connectivity index (χ3v) is 3.91. The average Bonchev–Trinajstić information content (AvgIpc) is 2.66. The van der Waals surface area contributed by atoms with Crippen molar-refractivity contribution >= 4 is 5.97 Å². The molecule has 0 amide bonds. The lowest BCUT2D eigenvalue weighted by molar-refractivity contribution is -0.140. The van der Waals surface area contributed by atoms with Crippen LogP contribution in [0.15, 0.2) is 24.3 Å². The van der Waals surface area contributed by atoms with Crippen LogP contribution in [0.3, 0.4) is 0 Å². The van der Waals surface area contributed by atoms with Crippen molar-refractivity contribution in [1.29, 1.82) is 0 Å². The smallest absolute Gasteiger partial charge is 0.311 e. The zero-order valence-corrected chi connectivity index (χ0v) is 11.8. The van der Waals surface area contributed by atoms with Crippen LogP contribution in [0.2, 0.25) is 0 Å². The molecule has 0 saturated carbocycles. The van der Waals surface area contributed by atoms with Gasteiger partial charge in [-0.2, -0.15) is 0 Å². The lowest BCUT2D eigenvalue weighted by atomic mass is 9.89. The molecular formula is C16H22O3. The summed E-state index contributed by atoms with van der Waals surface area (Å²) in [4.78, 5) is 11.5. The van der Waals surface area contributed by atoms with Crippen molar-refractivity contribution in [2.75, 3.05) is 0 Å². The van der Waals surface area contributed by atoms with Gasteiger partial charge in [0.15, 0.2) is 0 Å². The molecule has 1 aliphatic heterocycles. The number of carboxylic acids is 1. The Morgan fingerprint density at radius 2 is 2.16 bits per heavy atom. The maximum Gasteiger partial charge on any atom is 0.311 e. The van der Waals surface area contributed by atoms with E-state index in [1.54, 1.807) is 0 Å². The molecule has 2 unspecified atom stereocenters. The molecule has 0 bridgehead atoms. The highest BCUT2D eigenvalue weighted by Crippen LogP contribution is 2.35. The SMILES string of the molecule is Cc1ccccc1C(CC1CCC(C)(C)O1)C(=O)O. The Balaban J connectivity index is 2.14. The molecule has 1 N–H and O–H groups in total. The summed E-state index contributed by atoms with van der Waals surface area (Å²) in [5, 5.41) is 9.49. The van der Waals surface area contributed by atoms with E-state index >= 15 is 0 Å². The first-order valence-corrected chi connectivity index (χ1v) is 6.85. The van der Waals surface area contributed by atoms with E-state index in [2.05, 4.69) is 13.8 Å². The first-order valence-electron chi connectivity index (χ1n) is 6.85. The lowest BCUT2D eigenvalue weighted by Gasteiger charge is -2.22. The number of carbonyl (C=O) groups is 1. The molecule has 3 nitrogen and oxygen atoms in total. The summed E-state index contributed by atoms with van der Waals surface area (Å²) in [7, 11) is 0. The third kappa shape index (κ3) is 3.35. The maximum atomic E-state index is 11.5. The van der Waals surface area contributed by atoms with Crippen LogP contribution in [0.25, 0.3) is 0 Å². The van der Waals surface area contributed by atoms with Gasteiger partial charge in [-0.3, -0.25) is 4.79 Å². The molecule has 1 fully saturated rings. The van der Waals surface area contributed by atoms with Crippen molar-refractivity contribution < 1.29 is 14.6 Å². The van der Waals surface area contributed by atoms with E-state index in [0.29, 0.717) is 6.42 Å². The van der Waals surface area contributed by atoms with Crippen LogP contribution in [-0.2, 0) is 9.53 Å².